The summed E-state index contributed by atoms with van der Waals surface area (Å²) in [4.78, 5) is 36.1. The molecule has 9 heteroatoms. The van der Waals surface area contributed by atoms with Crippen molar-refractivity contribution in [1.82, 2.24) is 10.7 Å². The Morgan fingerprint density at radius 2 is 1.72 bits per heavy atom. The van der Waals surface area contributed by atoms with Crippen LogP contribution in [0.2, 0.25) is 5.02 Å². The SMILES string of the molecule is O=C(CNC(=O)c1cccc(Br)c1)N/N=C\c1cccc(OC(=O)c2ccc(Cl)cc2)c1. The molecule has 2 amide bonds. The van der Waals surface area contributed by atoms with E-state index in [2.05, 4.69) is 31.8 Å². The lowest BCUT2D eigenvalue weighted by atomic mass is 10.2. The van der Waals surface area contributed by atoms with Crippen LogP contribution in [-0.4, -0.2) is 30.5 Å². The fourth-order valence-corrected chi connectivity index (χ4v) is 3.05. The normalized spacial score (nSPS) is 10.6. The van der Waals surface area contributed by atoms with Gasteiger partial charge in [-0.1, -0.05) is 45.7 Å². The highest BCUT2D eigenvalue weighted by Crippen LogP contribution is 2.16. The molecule has 0 unspecified atom stereocenters. The zero-order valence-electron chi connectivity index (χ0n) is 16.5. The van der Waals surface area contributed by atoms with Crippen molar-refractivity contribution in [3.05, 3.63) is 99.0 Å². The zero-order chi connectivity index (χ0) is 22.9. The minimum atomic E-state index is -0.523. The number of carbonyl (C=O) groups is 3. The van der Waals surface area contributed by atoms with Crippen LogP contribution < -0.4 is 15.5 Å². The minimum absolute atomic E-state index is 0.235. The minimum Gasteiger partial charge on any atom is -0.423 e. The Bertz CT molecular complexity index is 1170. The van der Waals surface area contributed by atoms with E-state index >= 15 is 0 Å². The number of benzene rings is 3. The van der Waals surface area contributed by atoms with Gasteiger partial charge in [-0.3, -0.25) is 9.59 Å². The van der Waals surface area contributed by atoms with E-state index in [0.29, 0.717) is 27.5 Å². The molecule has 0 aliphatic heterocycles. The van der Waals surface area contributed by atoms with Crippen LogP contribution in [-0.2, 0) is 4.79 Å². The van der Waals surface area contributed by atoms with Crippen molar-refractivity contribution in [3.8, 4) is 5.75 Å². The fraction of sp³-hybridized carbons (Fsp3) is 0.0435. The Labute approximate surface area is 197 Å². The first-order valence-electron chi connectivity index (χ1n) is 9.34. The quantitative estimate of drug-likeness (QED) is 0.214. The fourth-order valence-electron chi connectivity index (χ4n) is 2.52. The first kappa shape index (κ1) is 23.2. The van der Waals surface area contributed by atoms with Gasteiger partial charge in [0.2, 0.25) is 0 Å². The summed E-state index contributed by atoms with van der Waals surface area (Å²) < 4.78 is 6.11. The number of hydrogen-bond acceptors (Lipinski definition) is 5. The molecule has 0 atom stereocenters. The van der Waals surface area contributed by atoms with Crippen molar-refractivity contribution in [3.63, 3.8) is 0 Å². The summed E-state index contributed by atoms with van der Waals surface area (Å²) >= 11 is 9.11. The molecule has 0 aliphatic rings. The molecule has 0 saturated heterocycles. The second-order valence-corrected chi connectivity index (χ2v) is 7.81. The lowest BCUT2D eigenvalue weighted by molar-refractivity contribution is -0.120. The summed E-state index contributed by atoms with van der Waals surface area (Å²) in [6, 6.07) is 19.8. The van der Waals surface area contributed by atoms with Gasteiger partial charge in [0.1, 0.15) is 5.75 Å². The van der Waals surface area contributed by atoms with Crippen molar-refractivity contribution in [2.75, 3.05) is 6.54 Å². The molecule has 3 rings (SSSR count). The van der Waals surface area contributed by atoms with Crippen LogP contribution in [0.3, 0.4) is 0 Å². The molecule has 7 nitrogen and oxygen atoms in total. The van der Waals surface area contributed by atoms with E-state index in [-0.39, 0.29) is 12.5 Å². The number of rotatable bonds is 7. The maximum absolute atomic E-state index is 12.2. The van der Waals surface area contributed by atoms with E-state index in [0.717, 1.165) is 4.47 Å². The molecule has 0 bridgehead atoms. The predicted octanol–water partition coefficient (Wildman–Crippen LogP) is 4.20. The van der Waals surface area contributed by atoms with Gasteiger partial charge in [0, 0.05) is 15.1 Å². The van der Waals surface area contributed by atoms with Gasteiger partial charge < -0.3 is 10.1 Å². The Kier molecular flexibility index (Phi) is 8.13. The zero-order valence-corrected chi connectivity index (χ0v) is 18.9. The molecule has 0 saturated carbocycles. The number of esters is 1. The second kappa shape index (κ2) is 11.2. The topological polar surface area (TPSA) is 96.9 Å². The van der Waals surface area contributed by atoms with Gasteiger partial charge in [0.15, 0.2) is 0 Å². The third kappa shape index (κ3) is 7.04. The summed E-state index contributed by atoms with van der Waals surface area (Å²) in [6.45, 7) is -0.235. The number of carbonyl (C=O) groups excluding carboxylic acids is 3. The van der Waals surface area contributed by atoms with Gasteiger partial charge in [0.25, 0.3) is 11.8 Å². The number of nitrogens with zero attached hydrogens (tertiary/aromatic N) is 1. The Balaban J connectivity index is 1.49. The Morgan fingerprint density at radius 3 is 2.47 bits per heavy atom. The number of nitrogens with one attached hydrogen (secondary N) is 2. The molecule has 3 aromatic rings. The van der Waals surface area contributed by atoms with Crippen LogP contribution in [0.4, 0.5) is 0 Å². The predicted molar refractivity (Wildman–Crippen MR) is 125 cm³/mol. The number of hydrazone groups is 1. The van der Waals surface area contributed by atoms with Crippen molar-refractivity contribution in [1.29, 1.82) is 0 Å². The van der Waals surface area contributed by atoms with E-state index < -0.39 is 11.9 Å². The second-order valence-electron chi connectivity index (χ2n) is 6.46. The van der Waals surface area contributed by atoms with Gasteiger partial charge in [-0.25, -0.2) is 10.2 Å². The highest BCUT2D eigenvalue weighted by atomic mass is 79.9. The molecule has 3 aromatic carbocycles. The molecular weight excluding hydrogens is 498 g/mol. The monoisotopic (exact) mass is 513 g/mol. The highest BCUT2D eigenvalue weighted by Gasteiger charge is 2.09. The number of amides is 2. The van der Waals surface area contributed by atoms with Gasteiger partial charge in [-0.2, -0.15) is 5.10 Å². The van der Waals surface area contributed by atoms with Gasteiger partial charge in [-0.05, 0) is 60.2 Å². The third-order valence-corrected chi connectivity index (χ3v) is 4.79. The lowest BCUT2D eigenvalue weighted by Crippen LogP contribution is -2.34. The van der Waals surface area contributed by atoms with Crippen LogP contribution in [0.25, 0.3) is 0 Å². The summed E-state index contributed by atoms with van der Waals surface area (Å²) in [5.41, 5.74) is 3.73. The summed E-state index contributed by atoms with van der Waals surface area (Å²) in [5.74, 6) is -1.07. The smallest absolute Gasteiger partial charge is 0.343 e. The van der Waals surface area contributed by atoms with Crippen LogP contribution in [0.5, 0.6) is 5.75 Å². The van der Waals surface area contributed by atoms with E-state index in [1.807, 2.05) is 0 Å². The van der Waals surface area contributed by atoms with Crippen molar-refractivity contribution in [2.24, 2.45) is 5.10 Å². The largest absolute Gasteiger partial charge is 0.423 e. The van der Waals surface area contributed by atoms with E-state index in [1.165, 1.54) is 6.21 Å². The van der Waals surface area contributed by atoms with Crippen molar-refractivity contribution < 1.29 is 19.1 Å². The molecule has 0 aliphatic carbocycles. The van der Waals surface area contributed by atoms with Crippen LogP contribution >= 0.6 is 27.5 Å². The maximum Gasteiger partial charge on any atom is 0.343 e. The molecule has 0 aromatic heterocycles. The number of halogens is 2. The van der Waals surface area contributed by atoms with Crippen molar-refractivity contribution >= 4 is 51.5 Å². The molecule has 162 valence electrons. The number of hydrogen-bond donors (Lipinski definition) is 2. The average molecular weight is 515 g/mol. The first-order valence-corrected chi connectivity index (χ1v) is 10.5. The molecule has 0 heterocycles. The van der Waals surface area contributed by atoms with Crippen LogP contribution in [0.15, 0.2) is 82.4 Å². The first-order chi connectivity index (χ1) is 15.4. The molecule has 0 spiro atoms. The number of ether oxygens (including phenoxy) is 1. The third-order valence-electron chi connectivity index (χ3n) is 4.05. The van der Waals surface area contributed by atoms with Crippen LogP contribution in [0.1, 0.15) is 26.3 Å². The molecule has 0 fully saturated rings. The summed E-state index contributed by atoms with van der Waals surface area (Å²) in [6.07, 6.45) is 1.40. The van der Waals surface area contributed by atoms with Gasteiger partial charge in [0.05, 0.1) is 18.3 Å². The molecule has 32 heavy (non-hydrogen) atoms. The molecule has 0 radical (unpaired) electrons. The van der Waals surface area contributed by atoms with Crippen LogP contribution in [0, 0.1) is 0 Å². The van der Waals surface area contributed by atoms with E-state index in [4.69, 9.17) is 16.3 Å². The van der Waals surface area contributed by atoms with Gasteiger partial charge in [-0.15, -0.1) is 0 Å². The Morgan fingerprint density at radius 1 is 0.969 bits per heavy atom. The van der Waals surface area contributed by atoms with Gasteiger partial charge >= 0.3 is 5.97 Å². The highest BCUT2D eigenvalue weighted by molar-refractivity contribution is 9.10. The van der Waals surface area contributed by atoms with Crippen molar-refractivity contribution in [2.45, 2.75) is 0 Å². The average Bonchev–Trinajstić information content (AvgIpc) is 2.78. The molecule has 2 N–H and O–H groups in total. The van der Waals surface area contributed by atoms with E-state index in [1.54, 1.807) is 72.8 Å². The standard InChI is InChI=1S/C23H17BrClN3O4/c24-18-5-2-4-17(12-18)22(30)26-14-21(29)28-27-13-15-3-1-6-20(11-15)32-23(31)16-7-9-19(25)10-8-16/h1-13H,14H2,(H,26,30)(H,28,29)/b27-13-. The summed E-state index contributed by atoms with van der Waals surface area (Å²) in [5, 5.41) is 6.89. The maximum atomic E-state index is 12.2. The lowest BCUT2D eigenvalue weighted by Gasteiger charge is -2.06. The van der Waals surface area contributed by atoms with E-state index in [9.17, 15) is 14.4 Å². The molecular formula is C23H17BrClN3O4. The summed E-state index contributed by atoms with van der Waals surface area (Å²) in [7, 11) is 0. The Hall–Kier alpha value is -3.49.